The third kappa shape index (κ3) is 4.10. The first-order chi connectivity index (χ1) is 9.31. The molecule has 0 aliphatic carbocycles. The largest absolute Gasteiger partial charge is 0.370 e. The van der Waals surface area contributed by atoms with Gasteiger partial charge in [-0.3, -0.25) is 4.98 Å². The molecular formula is C13H17N5S. The van der Waals surface area contributed by atoms with Gasteiger partial charge in [0.15, 0.2) is 5.16 Å². The summed E-state index contributed by atoms with van der Waals surface area (Å²) in [7, 11) is 0. The molecule has 0 amide bonds. The van der Waals surface area contributed by atoms with E-state index in [4.69, 9.17) is 0 Å². The Hall–Kier alpha value is -1.82. The molecule has 0 aromatic carbocycles. The van der Waals surface area contributed by atoms with Crippen molar-refractivity contribution < 1.29 is 0 Å². The first-order valence-corrected chi connectivity index (χ1v) is 7.34. The zero-order chi connectivity index (χ0) is 13.5. The van der Waals surface area contributed by atoms with Crippen LogP contribution in [0.15, 0.2) is 35.7 Å². The summed E-state index contributed by atoms with van der Waals surface area (Å²) in [6.45, 7) is 3.61. The molecule has 2 aromatic heterocycles. The SMILES string of the molecule is CCNc1cc(NCc2ccncc2)nc(SC)n1. The van der Waals surface area contributed by atoms with Crippen molar-refractivity contribution in [2.45, 2.75) is 18.6 Å². The lowest BCUT2D eigenvalue weighted by atomic mass is 10.3. The first kappa shape index (κ1) is 13.6. The van der Waals surface area contributed by atoms with E-state index in [1.807, 2.05) is 31.4 Å². The highest BCUT2D eigenvalue weighted by atomic mass is 32.2. The Morgan fingerprint density at radius 2 is 1.79 bits per heavy atom. The summed E-state index contributed by atoms with van der Waals surface area (Å²) in [4.78, 5) is 12.8. The van der Waals surface area contributed by atoms with Gasteiger partial charge in [0.25, 0.3) is 0 Å². The van der Waals surface area contributed by atoms with Crippen molar-refractivity contribution in [2.75, 3.05) is 23.4 Å². The smallest absolute Gasteiger partial charge is 0.191 e. The summed E-state index contributed by atoms with van der Waals surface area (Å²) >= 11 is 1.53. The Morgan fingerprint density at radius 1 is 1.11 bits per heavy atom. The highest BCUT2D eigenvalue weighted by Crippen LogP contribution is 2.17. The van der Waals surface area contributed by atoms with Gasteiger partial charge in [0.05, 0.1) is 0 Å². The molecule has 6 heteroatoms. The van der Waals surface area contributed by atoms with Gasteiger partial charge >= 0.3 is 0 Å². The van der Waals surface area contributed by atoms with Crippen LogP contribution >= 0.6 is 11.8 Å². The van der Waals surface area contributed by atoms with Crippen LogP contribution in [-0.4, -0.2) is 27.8 Å². The number of pyridine rings is 1. The Balaban J connectivity index is 2.08. The van der Waals surface area contributed by atoms with Crippen molar-refractivity contribution in [3.05, 3.63) is 36.2 Å². The van der Waals surface area contributed by atoms with Crippen LogP contribution in [0.4, 0.5) is 11.6 Å². The predicted octanol–water partition coefficient (Wildman–Crippen LogP) is 2.64. The maximum absolute atomic E-state index is 4.43. The van der Waals surface area contributed by atoms with Gasteiger partial charge in [-0.05, 0) is 30.9 Å². The maximum atomic E-state index is 4.43. The number of hydrogen-bond acceptors (Lipinski definition) is 6. The second-order valence-corrected chi connectivity index (χ2v) is 4.64. The summed E-state index contributed by atoms with van der Waals surface area (Å²) in [5, 5.41) is 7.27. The lowest BCUT2D eigenvalue weighted by Gasteiger charge is -2.09. The molecule has 0 aliphatic heterocycles. The minimum Gasteiger partial charge on any atom is -0.370 e. The molecule has 0 unspecified atom stereocenters. The molecule has 0 bridgehead atoms. The summed E-state index contributed by atoms with van der Waals surface area (Å²) in [5.74, 6) is 1.67. The molecule has 19 heavy (non-hydrogen) atoms. The van der Waals surface area contributed by atoms with Gasteiger partial charge < -0.3 is 10.6 Å². The molecule has 0 radical (unpaired) electrons. The number of hydrogen-bond donors (Lipinski definition) is 2. The Morgan fingerprint density at radius 3 is 2.42 bits per heavy atom. The topological polar surface area (TPSA) is 62.7 Å². The molecule has 5 nitrogen and oxygen atoms in total. The monoisotopic (exact) mass is 275 g/mol. The number of rotatable bonds is 6. The zero-order valence-corrected chi connectivity index (χ0v) is 11.9. The van der Waals surface area contributed by atoms with E-state index in [0.29, 0.717) is 0 Å². The van der Waals surface area contributed by atoms with Crippen molar-refractivity contribution in [3.8, 4) is 0 Å². The van der Waals surface area contributed by atoms with E-state index >= 15 is 0 Å². The van der Waals surface area contributed by atoms with Crippen LogP contribution < -0.4 is 10.6 Å². The molecule has 2 aromatic rings. The van der Waals surface area contributed by atoms with Crippen LogP contribution in [0.2, 0.25) is 0 Å². The van der Waals surface area contributed by atoms with Crippen molar-refractivity contribution >= 4 is 23.4 Å². The number of nitrogens with one attached hydrogen (secondary N) is 2. The lowest BCUT2D eigenvalue weighted by molar-refractivity contribution is 0.949. The van der Waals surface area contributed by atoms with Crippen molar-refractivity contribution in [1.29, 1.82) is 0 Å². The van der Waals surface area contributed by atoms with Crippen LogP contribution in [-0.2, 0) is 6.54 Å². The quantitative estimate of drug-likeness (QED) is 0.624. The maximum Gasteiger partial charge on any atom is 0.191 e. The standard InChI is InChI=1S/C13H17N5S/c1-3-15-11-8-12(18-13(17-11)19-2)16-9-10-4-6-14-7-5-10/h4-8H,3,9H2,1-2H3,(H2,15,16,17,18). The molecule has 0 saturated carbocycles. The zero-order valence-electron chi connectivity index (χ0n) is 11.1. The van der Waals surface area contributed by atoms with Crippen LogP contribution in [0, 0.1) is 0 Å². The second-order valence-electron chi connectivity index (χ2n) is 3.86. The lowest BCUT2D eigenvalue weighted by Crippen LogP contribution is -2.06. The molecule has 0 atom stereocenters. The van der Waals surface area contributed by atoms with Crippen LogP contribution in [0.3, 0.4) is 0 Å². The number of thioether (sulfide) groups is 1. The van der Waals surface area contributed by atoms with Gasteiger partial charge in [0.1, 0.15) is 11.6 Å². The molecular weight excluding hydrogens is 258 g/mol. The summed E-state index contributed by atoms with van der Waals surface area (Å²) in [5.41, 5.74) is 1.17. The van der Waals surface area contributed by atoms with E-state index in [1.165, 1.54) is 17.3 Å². The Labute approximate surface area is 117 Å². The fourth-order valence-electron chi connectivity index (χ4n) is 1.57. The van der Waals surface area contributed by atoms with E-state index in [1.54, 1.807) is 12.4 Å². The average molecular weight is 275 g/mol. The van der Waals surface area contributed by atoms with E-state index in [0.717, 1.165) is 29.9 Å². The van der Waals surface area contributed by atoms with E-state index in [2.05, 4.69) is 25.6 Å². The van der Waals surface area contributed by atoms with Crippen LogP contribution in [0.1, 0.15) is 12.5 Å². The summed E-state index contributed by atoms with van der Waals surface area (Å²) < 4.78 is 0. The Kier molecular flexibility index (Phi) is 4.97. The Bertz CT molecular complexity index is 518. The molecule has 0 saturated heterocycles. The average Bonchev–Trinajstić information content (AvgIpc) is 2.46. The third-order valence-electron chi connectivity index (χ3n) is 2.47. The fourth-order valence-corrected chi connectivity index (χ4v) is 1.95. The predicted molar refractivity (Wildman–Crippen MR) is 79.5 cm³/mol. The van der Waals surface area contributed by atoms with Crippen molar-refractivity contribution in [1.82, 2.24) is 15.0 Å². The molecule has 2 N–H and O–H groups in total. The number of nitrogens with zero attached hydrogens (tertiary/aromatic N) is 3. The van der Waals surface area contributed by atoms with Gasteiger partial charge in [-0.2, -0.15) is 0 Å². The fraction of sp³-hybridized carbons (Fsp3) is 0.308. The molecule has 0 spiro atoms. The minimum atomic E-state index is 0.721. The normalized spacial score (nSPS) is 10.2. The van der Waals surface area contributed by atoms with Gasteiger partial charge in [0, 0.05) is 31.5 Å². The van der Waals surface area contributed by atoms with Gasteiger partial charge in [0.2, 0.25) is 0 Å². The number of aromatic nitrogens is 3. The second kappa shape index (κ2) is 6.94. The number of anilines is 2. The van der Waals surface area contributed by atoms with Crippen molar-refractivity contribution in [3.63, 3.8) is 0 Å². The summed E-state index contributed by atoms with van der Waals surface area (Å²) in [6.07, 6.45) is 5.54. The molecule has 0 fully saturated rings. The van der Waals surface area contributed by atoms with Gasteiger partial charge in [-0.25, -0.2) is 9.97 Å². The molecule has 100 valence electrons. The summed E-state index contributed by atoms with van der Waals surface area (Å²) in [6, 6.07) is 5.88. The highest BCUT2D eigenvalue weighted by Gasteiger charge is 2.03. The van der Waals surface area contributed by atoms with E-state index in [-0.39, 0.29) is 0 Å². The molecule has 2 heterocycles. The van der Waals surface area contributed by atoms with Gasteiger partial charge in [-0.1, -0.05) is 11.8 Å². The van der Waals surface area contributed by atoms with Crippen LogP contribution in [0.5, 0.6) is 0 Å². The van der Waals surface area contributed by atoms with Gasteiger partial charge in [-0.15, -0.1) is 0 Å². The van der Waals surface area contributed by atoms with E-state index in [9.17, 15) is 0 Å². The van der Waals surface area contributed by atoms with E-state index < -0.39 is 0 Å². The third-order valence-corrected chi connectivity index (χ3v) is 3.02. The molecule has 2 rings (SSSR count). The highest BCUT2D eigenvalue weighted by molar-refractivity contribution is 7.98. The minimum absolute atomic E-state index is 0.721. The first-order valence-electron chi connectivity index (χ1n) is 6.11. The van der Waals surface area contributed by atoms with Crippen LogP contribution in [0.25, 0.3) is 0 Å². The van der Waals surface area contributed by atoms with Crippen molar-refractivity contribution in [2.24, 2.45) is 0 Å². The molecule has 0 aliphatic rings.